The molecule has 2 aromatic rings. The number of carboxylic acid groups (broad SMARTS) is 1. The van der Waals surface area contributed by atoms with Crippen LogP contribution in [0, 0.1) is 5.41 Å². The maximum Gasteiger partial charge on any atom is 0.341 e. The summed E-state index contributed by atoms with van der Waals surface area (Å²) in [6, 6.07) is 13.0. The Kier molecular flexibility index (Phi) is 8.23. The number of hydrogen-bond donors (Lipinski definition) is 7. The lowest BCUT2D eigenvalue weighted by Gasteiger charge is -2.26. The van der Waals surface area contributed by atoms with E-state index < -0.39 is 40.0 Å². The highest BCUT2D eigenvalue weighted by molar-refractivity contribution is 7.89. The summed E-state index contributed by atoms with van der Waals surface area (Å²) in [7, 11) is -4.26. The van der Waals surface area contributed by atoms with Crippen molar-refractivity contribution in [2.45, 2.75) is 17.0 Å². The molecule has 2 aromatic carbocycles. The number of nitrogen functional groups attached to an aromatic ring is 1. The van der Waals surface area contributed by atoms with E-state index in [0.717, 1.165) is 0 Å². The van der Waals surface area contributed by atoms with Crippen molar-refractivity contribution < 1.29 is 27.9 Å². The van der Waals surface area contributed by atoms with E-state index in [-0.39, 0.29) is 23.7 Å². The first-order chi connectivity index (χ1) is 15.4. The molecule has 12 nitrogen and oxygen atoms in total. The van der Waals surface area contributed by atoms with Gasteiger partial charge in [-0.2, -0.15) is 4.72 Å². The van der Waals surface area contributed by atoms with E-state index in [1.165, 1.54) is 48.5 Å². The number of sulfonamides is 1. The van der Waals surface area contributed by atoms with Crippen molar-refractivity contribution in [1.29, 1.82) is 5.41 Å². The molecule has 0 aliphatic heterocycles. The number of rotatable bonds is 11. The molecule has 0 heterocycles. The number of nitrogens with one attached hydrogen (secondary N) is 4. The van der Waals surface area contributed by atoms with E-state index in [1.807, 2.05) is 4.72 Å². The normalized spacial score (nSPS) is 12.9. The SMILES string of the molecule is N=C(N)c1ccc(C(=O)NCCC(=O)NCC(N)(NS(=O)(=O)c2ccccc2)C(=O)O)cc1. The van der Waals surface area contributed by atoms with Crippen LogP contribution in [0.4, 0.5) is 0 Å². The minimum Gasteiger partial charge on any atom is -0.479 e. The van der Waals surface area contributed by atoms with Crippen LogP contribution in [0.15, 0.2) is 59.5 Å². The van der Waals surface area contributed by atoms with Crippen LogP contribution in [0.2, 0.25) is 0 Å². The smallest absolute Gasteiger partial charge is 0.341 e. The molecule has 33 heavy (non-hydrogen) atoms. The van der Waals surface area contributed by atoms with Crippen molar-refractivity contribution in [1.82, 2.24) is 15.4 Å². The quantitative estimate of drug-likeness (QED) is 0.120. The van der Waals surface area contributed by atoms with Crippen molar-refractivity contribution in [3.63, 3.8) is 0 Å². The molecule has 0 bridgehead atoms. The summed E-state index contributed by atoms with van der Waals surface area (Å²) in [6.07, 6.45) is -0.210. The van der Waals surface area contributed by atoms with Gasteiger partial charge in [0.1, 0.15) is 5.84 Å². The minimum absolute atomic E-state index is 0.0699. The molecule has 2 amide bonds. The minimum atomic E-state index is -4.26. The fourth-order valence-electron chi connectivity index (χ4n) is 2.57. The molecule has 9 N–H and O–H groups in total. The van der Waals surface area contributed by atoms with Gasteiger partial charge >= 0.3 is 5.97 Å². The largest absolute Gasteiger partial charge is 0.479 e. The standard InChI is InChI=1S/C20H24N6O6S/c21-17(22)13-6-8-14(9-7-13)18(28)24-11-10-16(27)25-12-20(23,19(29)30)26-33(31,32)15-4-2-1-3-5-15/h1-9,26H,10-12,23H2,(H3,21,22)(H,24,28)(H,25,27)(H,29,30). The van der Waals surface area contributed by atoms with Crippen LogP contribution in [0.5, 0.6) is 0 Å². The van der Waals surface area contributed by atoms with Gasteiger partial charge in [0.25, 0.3) is 5.91 Å². The Hall–Kier alpha value is -3.81. The van der Waals surface area contributed by atoms with Gasteiger partial charge in [-0.3, -0.25) is 15.0 Å². The Morgan fingerprint density at radius 2 is 1.55 bits per heavy atom. The summed E-state index contributed by atoms with van der Waals surface area (Å²) in [5.41, 5.74) is 9.31. The fourth-order valence-corrected chi connectivity index (χ4v) is 3.85. The highest BCUT2D eigenvalue weighted by atomic mass is 32.2. The molecule has 176 valence electrons. The molecule has 0 aliphatic rings. The Bertz CT molecular complexity index is 1140. The average molecular weight is 477 g/mol. The van der Waals surface area contributed by atoms with Gasteiger partial charge < -0.3 is 27.2 Å². The van der Waals surface area contributed by atoms with Gasteiger partial charge in [-0.15, -0.1) is 0 Å². The van der Waals surface area contributed by atoms with E-state index in [1.54, 1.807) is 6.07 Å². The highest BCUT2D eigenvalue weighted by Gasteiger charge is 2.39. The van der Waals surface area contributed by atoms with Crippen LogP contribution < -0.4 is 26.8 Å². The zero-order valence-corrected chi connectivity index (χ0v) is 18.2. The third kappa shape index (κ3) is 7.10. The number of amidine groups is 1. The predicted molar refractivity (Wildman–Crippen MR) is 119 cm³/mol. The van der Waals surface area contributed by atoms with Crippen LogP contribution in [0.3, 0.4) is 0 Å². The third-order valence-corrected chi connectivity index (χ3v) is 5.94. The Morgan fingerprint density at radius 1 is 0.970 bits per heavy atom. The molecule has 0 radical (unpaired) electrons. The number of nitrogens with two attached hydrogens (primary N) is 2. The maximum atomic E-state index is 12.4. The summed E-state index contributed by atoms with van der Waals surface area (Å²) >= 11 is 0. The lowest BCUT2D eigenvalue weighted by Crippen LogP contribution is -2.66. The van der Waals surface area contributed by atoms with E-state index in [0.29, 0.717) is 11.1 Å². The lowest BCUT2D eigenvalue weighted by molar-refractivity contribution is -0.143. The van der Waals surface area contributed by atoms with Crippen LogP contribution in [-0.2, 0) is 19.6 Å². The maximum absolute atomic E-state index is 12.4. The van der Waals surface area contributed by atoms with Crippen LogP contribution in [0.1, 0.15) is 22.3 Å². The third-order valence-electron chi connectivity index (χ3n) is 4.41. The summed E-state index contributed by atoms with van der Waals surface area (Å²) < 4.78 is 26.7. The number of carboxylic acids is 1. The van der Waals surface area contributed by atoms with E-state index >= 15 is 0 Å². The molecular formula is C20H24N6O6S. The molecule has 1 unspecified atom stereocenters. The van der Waals surface area contributed by atoms with Crippen LogP contribution in [-0.4, -0.2) is 55.9 Å². The molecule has 0 saturated carbocycles. The van der Waals surface area contributed by atoms with Gasteiger partial charge in [-0.1, -0.05) is 30.3 Å². The second-order valence-corrected chi connectivity index (χ2v) is 8.65. The molecule has 1 atom stereocenters. The van der Waals surface area contributed by atoms with Gasteiger partial charge in [-0.25, -0.2) is 13.2 Å². The monoisotopic (exact) mass is 476 g/mol. The molecule has 0 saturated heterocycles. The number of amides is 2. The first-order valence-corrected chi connectivity index (χ1v) is 11.0. The second-order valence-electron chi connectivity index (χ2n) is 6.97. The summed E-state index contributed by atoms with van der Waals surface area (Å²) in [5.74, 6) is -2.95. The first kappa shape index (κ1) is 25.5. The Labute approximate surface area is 189 Å². The molecule has 0 aromatic heterocycles. The molecule has 13 heteroatoms. The van der Waals surface area contributed by atoms with Crippen molar-refractivity contribution in [3.8, 4) is 0 Å². The predicted octanol–water partition coefficient (Wildman–Crippen LogP) is -1.08. The van der Waals surface area contributed by atoms with Crippen LogP contribution >= 0.6 is 0 Å². The molecule has 0 aliphatic carbocycles. The van der Waals surface area contributed by atoms with Crippen molar-refractivity contribution in [2.24, 2.45) is 11.5 Å². The Balaban J connectivity index is 1.88. The van der Waals surface area contributed by atoms with Crippen molar-refractivity contribution in [3.05, 3.63) is 65.7 Å². The molecular weight excluding hydrogens is 452 g/mol. The molecule has 0 fully saturated rings. The summed E-state index contributed by atoms with van der Waals surface area (Å²) in [4.78, 5) is 35.6. The Morgan fingerprint density at radius 3 is 2.09 bits per heavy atom. The first-order valence-electron chi connectivity index (χ1n) is 9.55. The van der Waals surface area contributed by atoms with Gasteiger partial charge in [-0.05, 0) is 24.3 Å². The average Bonchev–Trinajstić information content (AvgIpc) is 2.78. The number of benzene rings is 2. The van der Waals surface area contributed by atoms with Crippen molar-refractivity contribution >= 4 is 33.6 Å². The molecule has 2 rings (SSSR count). The topological polar surface area (TPSA) is 218 Å². The van der Waals surface area contributed by atoms with Crippen molar-refractivity contribution in [2.75, 3.05) is 13.1 Å². The highest BCUT2D eigenvalue weighted by Crippen LogP contribution is 2.10. The lowest BCUT2D eigenvalue weighted by atomic mass is 10.1. The number of aliphatic carboxylic acids is 1. The zero-order valence-electron chi connectivity index (χ0n) is 17.4. The molecule has 0 spiro atoms. The van der Waals surface area contributed by atoms with Gasteiger partial charge in [0, 0.05) is 24.1 Å². The van der Waals surface area contributed by atoms with E-state index in [4.69, 9.17) is 16.9 Å². The van der Waals surface area contributed by atoms with Gasteiger partial charge in [0.2, 0.25) is 15.9 Å². The fraction of sp³-hybridized carbons (Fsp3) is 0.200. The van der Waals surface area contributed by atoms with E-state index in [2.05, 4.69) is 10.6 Å². The summed E-state index contributed by atoms with van der Waals surface area (Å²) in [6.45, 7) is -0.798. The van der Waals surface area contributed by atoms with Gasteiger partial charge in [0.15, 0.2) is 5.66 Å². The van der Waals surface area contributed by atoms with E-state index in [9.17, 15) is 27.9 Å². The number of carbonyl (C=O) groups excluding carboxylic acids is 2. The zero-order chi connectivity index (χ0) is 24.6. The summed E-state index contributed by atoms with van der Waals surface area (Å²) in [5, 5.41) is 21.5. The second kappa shape index (κ2) is 10.7. The van der Waals surface area contributed by atoms with Crippen LogP contribution in [0.25, 0.3) is 0 Å². The number of carbonyl (C=O) groups is 3. The number of hydrogen-bond acceptors (Lipinski definition) is 7. The van der Waals surface area contributed by atoms with Gasteiger partial charge in [0.05, 0.1) is 11.4 Å².